The standard InChI is InChI=1S/C16H15F2NOS2/c17-12-4-3-11(10-13(12)18)16(20)19-6-5-15(22-9-7-19)14-2-1-8-21-14/h1-4,8,10,15H,5-7,9H2. The van der Waals surface area contributed by atoms with Gasteiger partial charge < -0.3 is 4.90 Å². The SMILES string of the molecule is O=C(c1ccc(F)c(F)c1)N1CCSC(c2cccs2)CC1. The average Bonchev–Trinajstić information content (AvgIpc) is 2.94. The highest BCUT2D eigenvalue weighted by molar-refractivity contribution is 7.99. The fraction of sp³-hybridized carbons (Fsp3) is 0.312. The smallest absolute Gasteiger partial charge is 0.253 e. The van der Waals surface area contributed by atoms with E-state index >= 15 is 0 Å². The summed E-state index contributed by atoms with van der Waals surface area (Å²) in [6.07, 6.45) is 0.876. The predicted octanol–water partition coefficient (Wildman–Crippen LogP) is 4.35. The lowest BCUT2D eigenvalue weighted by Crippen LogP contribution is -2.33. The zero-order valence-electron chi connectivity index (χ0n) is 11.8. The maximum atomic E-state index is 13.3. The van der Waals surface area contributed by atoms with Crippen molar-refractivity contribution in [3.8, 4) is 0 Å². The number of hydrogen-bond acceptors (Lipinski definition) is 3. The molecule has 0 aliphatic carbocycles. The number of nitrogens with zero attached hydrogens (tertiary/aromatic N) is 1. The molecule has 1 atom stereocenters. The topological polar surface area (TPSA) is 20.3 Å². The summed E-state index contributed by atoms with van der Waals surface area (Å²) in [5, 5.41) is 2.47. The van der Waals surface area contributed by atoms with Gasteiger partial charge in [-0.15, -0.1) is 11.3 Å². The Balaban J connectivity index is 1.70. The van der Waals surface area contributed by atoms with Crippen LogP contribution >= 0.6 is 23.1 Å². The van der Waals surface area contributed by atoms with Crippen LogP contribution in [0.3, 0.4) is 0 Å². The van der Waals surface area contributed by atoms with Gasteiger partial charge in [-0.25, -0.2) is 8.78 Å². The predicted molar refractivity (Wildman–Crippen MR) is 86.4 cm³/mol. The average molecular weight is 339 g/mol. The first-order valence-corrected chi connectivity index (χ1v) is 8.97. The largest absolute Gasteiger partial charge is 0.338 e. The fourth-order valence-corrected chi connectivity index (χ4v) is 4.72. The van der Waals surface area contributed by atoms with Crippen molar-refractivity contribution in [1.82, 2.24) is 4.90 Å². The molecule has 22 heavy (non-hydrogen) atoms. The number of benzene rings is 1. The van der Waals surface area contributed by atoms with Crippen LogP contribution in [0.1, 0.15) is 26.9 Å². The Morgan fingerprint density at radius 2 is 2.05 bits per heavy atom. The maximum absolute atomic E-state index is 13.3. The van der Waals surface area contributed by atoms with Crippen LogP contribution in [0.25, 0.3) is 0 Å². The summed E-state index contributed by atoms with van der Waals surface area (Å²) in [6.45, 7) is 1.26. The van der Waals surface area contributed by atoms with Crippen LogP contribution in [0.15, 0.2) is 35.7 Å². The van der Waals surface area contributed by atoms with E-state index in [0.29, 0.717) is 18.3 Å². The molecule has 2 nitrogen and oxygen atoms in total. The fourth-order valence-electron chi connectivity index (χ4n) is 2.49. The minimum atomic E-state index is -0.980. The molecule has 2 aromatic rings. The van der Waals surface area contributed by atoms with Gasteiger partial charge in [0, 0.05) is 34.5 Å². The van der Waals surface area contributed by atoms with Gasteiger partial charge >= 0.3 is 0 Å². The molecule has 1 aromatic heterocycles. The lowest BCUT2D eigenvalue weighted by molar-refractivity contribution is 0.0766. The Morgan fingerprint density at radius 3 is 2.77 bits per heavy atom. The molecule has 116 valence electrons. The second kappa shape index (κ2) is 6.79. The van der Waals surface area contributed by atoms with Crippen LogP contribution in [0.5, 0.6) is 0 Å². The van der Waals surface area contributed by atoms with E-state index in [1.807, 2.05) is 17.8 Å². The van der Waals surface area contributed by atoms with Crippen LogP contribution in [0.4, 0.5) is 8.78 Å². The van der Waals surface area contributed by atoms with Crippen LogP contribution in [0.2, 0.25) is 0 Å². The van der Waals surface area contributed by atoms with Gasteiger partial charge in [0.05, 0.1) is 0 Å². The number of rotatable bonds is 2. The summed E-state index contributed by atoms with van der Waals surface area (Å²) >= 11 is 3.58. The van der Waals surface area contributed by atoms with Crippen molar-refractivity contribution in [2.75, 3.05) is 18.8 Å². The Hall–Kier alpha value is -1.40. The van der Waals surface area contributed by atoms with Gasteiger partial charge in [-0.2, -0.15) is 11.8 Å². The maximum Gasteiger partial charge on any atom is 0.253 e. The van der Waals surface area contributed by atoms with Gasteiger partial charge in [-0.05, 0) is 36.1 Å². The Kier molecular flexibility index (Phi) is 4.78. The zero-order valence-corrected chi connectivity index (χ0v) is 13.4. The molecule has 1 amide bonds. The lowest BCUT2D eigenvalue weighted by atomic mass is 10.1. The normalized spacial score (nSPS) is 19.0. The molecule has 1 aliphatic heterocycles. The van der Waals surface area contributed by atoms with Crippen molar-refractivity contribution in [3.63, 3.8) is 0 Å². The number of hydrogen-bond donors (Lipinski definition) is 0. The summed E-state index contributed by atoms with van der Waals surface area (Å²) in [5.41, 5.74) is 0.207. The first-order chi connectivity index (χ1) is 10.6. The van der Waals surface area contributed by atoms with E-state index in [4.69, 9.17) is 0 Å². The minimum Gasteiger partial charge on any atom is -0.338 e. The molecule has 0 spiro atoms. The van der Waals surface area contributed by atoms with E-state index < -0.39 is 11.6 Å². The number of thioether (sulfide) groups is 1. The molecule has 1 unspecified atom stereocenters. The van der Waals surface area contributed by atoms with Crippen molar-refractivity contribution >= 4 is 29.0 Å². The molecular formula is C16H15F2NOS2. The van der Waals surface area contributed by atoms with Crippen molar-refractivity contribution in [2.45, 2.75) is 11.7 Å². The lowest BCUT2D eigenvalue weighted by Gasteiger charge is -2.20. The van der Waals surface area contributed by atoms with E-state index in [2.05, 4.69) is 11.4 Å². The van der Waals surface area contributed by atoms with E-state index in [1.54, 1.807) is 16.2 Å². The first kappa shape index (κ1) is 15.5. The highest BCUT2D eigenvalue weighted by atomic mass is 32.2. The molecule has 3 rings (SSSR count). The third-order valence-corrected chi connectivity index (χ3v) is 6.10. The number of carbonyl (C=O) groups is 1. The van der Waals surface area contributed by atoms with E-state index in [-0.39, 0.29) is 11.5 Å². The highest BCUT2D eigenvalue weighted by Gasteiger charge is 2.23. The Labute approximate surface area is 136 Å². The summed E-state index contributed by atoms with van der Waals surface area (Å²) < 4.78 is 26.3. The van der Waals surface area contributed by atoms with Gasteiger partial charge in [0.2, 0.25) is 0 Å². The van der Waals surface area contributed by atoms with Gasteiger partial charge in [0.15, 0.2) is 11.6 Å². The second-order valence-corrected chi connectivity index (χ2v) is 7.37. The van der Waals surface area contributed by atoms with Crippen LogP contribution in [0, 0.1) is 11.6 Å². The monoisotopic (exact) mass is 339 g/mol. The molecule has 0 N–H and O–H groups in total. The molecule has 0 radical (unpaired) electrons. The van der Waals surface area contributed by atoms with Crippen molar-refractivity contribution < 1.29 is 13.6 Å². The Bertz CT molecular complexity index is 660. The van der Waals surface area contributed by atoms with Crippen LogP contribution in [-0.4, -0.2) is 29.6 Å². The molecule has 2 heterocycles. The third-order valence-electron chi connectivity index (χ3n) is 3.66. The zero-order chi connectivity index (χ0) is 15.5. The molecule has 1 aromatic carbocycles. The first-order valence-electron chi connectivity index (χ1n) is 7.04. The van der Waals surface area contributed by atoms with Crippen LogP contribution in [-0.2, 0) is 0 Å². The van der Waals surface area contributed by atoms with Crippen LogP contribution < -0.4 is 0 Å². The summed E-state index contributed by atoms with van der Waals surface area (Å²) in [4.78, 5) is 15.5. The molecular weight excluding hydrogens is 324 g/mol. The molecule has 1 saturated heterocycles. The number of thiophene rings is 1. The number of amides is 1. The van der Waals surface area contributed by atoms with E-state index in [1.165, 1.54) is 10.9 Å². The van der Waals surface area contributed by atoms with Crippen molar-refractivity contribution in [2.24, 2.45) is 0 Å². The van der Waals surface area contributed by atoms with Crippen molar-refractivity contribution in [1.29, 1.82) is 0 Å². The molecule has 0 bridgehead atoms. The van der Waals surface area contributed by atoms with Gasteiger partial charge in [0.25, 0.3) is 5.91 Å². The Morgan fingerprint density at radius 1 is 1.18 bits per heavy atom. The van der Waals surface area contributed by atoms with Gasteiger partial charge in [-0.3, -0.25) is 4.79 Å². The quantitative estimate of drug-likeness (QED) is 0.811. The third kappa shape index (κ3) is 3.33. The molecule has 6 heteroatoms. The van der Waals surface area contributed by atoms with E-state index in [9.17, 15) is 13.6 Å². The second-order valence-electron chi connectivity index (χ2n) is 5.08. The number of carbonyl (C=O) groups excluding carboxylic acids is 1. The summed E-state index contributed by atoms with van der Waals surface area (Å²) in [7, 11) is 0. The minimum absolute atomic E-state index is 0.207. The highest BCUT2D eigenvalue weighted by Crippen LogP contribution is 2.36. The summed E-state index contributed by atoms with van der Waals surface area (Å²) in [6, 6.07) is 7.48. The van der Waals surface area contributed by atoms with E-state index in [0.717, 1.165) is 24.3 Å². The van der Waals surface area contributed by atoms with Gasteiger partial charge in [0.1, 0.15) is 0 Å². The summed E-state index contributed by atoms with van der Waals surface area (Å²) in [5.74, 6) is -1.29. The van der Waals surface area contributed by atoms with Gasteiger partial charge in [-0.1, -0.05) is 6.07 Å². The molecule has 1 fully saturated rings. The van der Waals surface area contributed by atoms with Crippen molar-refractivity contribution in [3.05, 3.63) is 57.8 Å². The molecule has 1 aliphatic rings. The number of halogens is 2. The molecule has 0 saturated carbocycles.